The highest BCUT2D eigenvalue weighted by atomic mass is 79.9. The molecule has 1 fully saturated rings. The average molecular weight is 345 g/mol. The summed E-state index contributed by atoms with van der Waals surface area (Å²) >= 11 is 3.43. The van der Waals surface area contributed by atoms with Crippen molar-refractivity contribution in [2.45, 2.75) is 52.9 Å². The van der Waals surface area contributed by atoms with Gasteiger partial charge in [0.05, 0.1) is 0 Å². The van der Waals surface area contributed by atoms with Crippen LogP contribution >= 0.6 is 15.9 Å². The Labute approximate surface area is 130 Å². The van der Waals surface area contributed by atoms with Crippen molar-refractivity contribution in [3.05, 3.63) is 28.2 Å². The topological polar surface area (TPSA) is 46.5 Å². The van der Waals surface area contributed by atoms with Gasteiger partial charge < -0.3 is 9.84 Å². The van der Waals surface area contributed by atoms with Gasteiger partial charge in [-0.15, -0.1) is 0 Å². The van der Waals surface area contributed by atoms with Gasteiger partial charge in [-0.1, -0.05) is 50.0 Å². The van der Waals surface area contributed by atoms with Crippen molar-refractivity contribution < 1.29 is 14.6 Å². The maximum atomic E-state index is 10.5. The predicted octanol–water partition coefficient (Wildman–Crippen LogP) is 5.23. The Balaban J connectivity index is 0.000000829. The fraction of sp³-hybridized carbons (Fsp3) is 0.562. The summed E-state index contributed by atoms with van der Waals surface area (Å²) in [6.07, 6.45) is 3.58. The molecule has 2 rings (SSSR count). The quantitative estimate of drug-likeness (QED) is 0.812. The average Bonchev–Trinajstić information content (AvgIpc) is 2.40. The summed E-state index contributed by atoms with van der Waals surface area (Å²) in [7, 11) is 0. The molecule has 3 nitrogen and oxygen atoms in total. The summed E-state index contributed by atoms with van der Waals surface area (Å²) in [6, 6.07) is 5.74. The van der Waals surface area contributed by atoms with Crippen LogP contribution in [0.15, 0.2) is 22.7 Å². The van der Waals surface area contributed by atoms with Crippen LogP contribution in [0.5, 0.6) is 5.75 Å². The molecule has 0 aromatic heterocycles. The number of hydrogen-bond acceptors (Lipinski definition) is 2. The number of carboxylic acids is 1. The number of aliphatic carboxylic acids is 1. The first-order chi connectivity index (χ1) is 9.66. The molecule has 1 saturated carbocycles. The second kappa shape index (κ2) is 10.7. The number of rotatable bonds is 4. The highest BCUT2D eigenvalue weighted by Gasteiger charge is 2.23. The van der Waals surface area contributed by atoms with Gasteiger partial charge in [0.2, 0.25) is 0 Å². The first-order valence-electron chi connectivity index (χ1n) is 7.31. The summed E-state index contributed by atoms with van der Waals surface area (Å²) in [6.45, 7) is 7.72. The SMILES string of the molecule is CC.CC.O=C(O)COc1ccc(Br)cc1C1CCC1. The number of hydrogen-bond donors (Lipinski definition) is 1. The third kappa shape index (κ3) is 5.95. The Morgan fingerprint density at radius 3 is 2.35 bits per heavy atom. The molecule has 20 heavy (non-hydrogen) atoms. The van der Waals surface area contributed by atoms with Gasteiger partial charge in [0, 0.05) is 4.47 Å². The molecule has 0 amide bonds. The van der Waals surface area contributed by atoms with Crippen molar-refractivity contribution in [2.75, 3.05) is 6.61 Å². The molecule has 0 atom stereocenters. The minimum absolute atomic E-state index is 0.276. The zero-order valence-corrected chi connectivity index (χ0v) is 14.4. The number of carboxylic acid groups (broad SMARTS) is 1. The van der Waals surface area contributed by atoms with Gasteiger partial charge in [-0.05, 0) is 42.5 Å². The number of benzene rings is 1. The maximum absolute atomic E-state index is 10.5. The van der Waals surface area contributed by atoms with Crippen molar-refractivity contribution in [2.24, 2.45) is 0 Å². The summed E-state index contributed by atoms with van der Waals surface area (Å²) in [5, 5.41) is 8.60. The molecule has 0 bridgehead atoms. The van der Waals surface area contributed by atoms with E-state index in [2.05, 4.69) is 15.9 Å². The van der Waals surface area contributed by atoms with Gasteiger partial charge >= 0.3 is 5.97 Å². The minimum atomic E-state index is -0.942. The Morgan fingerprint density at radius 2 is 1.90 bits per heavy atom. The van der Waals surface area contributed by atoms with Crippen LogP contribution in [0.4, 0.5) is 0 Å². The fourth-order valence-electron chi connectivity index (χ4n) is 1.83. The maximum Gasteiger partial charge on any atom is 0.341 e. The van der Waals surface area contributed by atoms with Gasteiger partial charge in [0.1, 0.15) is 5.75 Å². The summed E-state index contributed by atoms with van der Waals surface area (Å²) < 4.78 is 6.30. The molecule has 0 heterocycles. The molecule has 0 radical (unpaired) electrons. The second-order valence-electron chi connectivity index (χ2n) is 3.99. The minimum Gasteiger partial charge on any atom is -0.482 e. The van der Waals surface area contributed by atoms with E-state index >= 15 is 0 Å². The molecule has 1 aromatic rings. The lowest BCUT2D eigenvalue weighted by atomic mass is 9.80. The number of ether oxygens (including phenoxy) is 1. The zero-order valence-electron chi connectivity index (χ0n) is 12.8. The normalized spacial score (nSPS) is 13.1. The van der Waals surface area contributed by atoms with Gasteiger partial charge in [-0.2, -0.15) is 0 Å². The van der Waals surface area contributed by atoms with Crippen LogP contribution in [0, 0.1) is 0 Å². The van der Waals surface area contributed by atoms with E-state index < -0.39 is 5.97 Å². The molecular formula is C16H25BrO3. The summed E-state index contributed by atoms with van der Waals surface area (Å²) in [4.78, 5) is 10.5. The van der Waals surface area contributed by atoms with Crippen molar-refractivity contribution in [1.29, 1.82) is 0 Å². The van der Waals surface area contributed by atoms with E-state index in [4.69, 9.17) is 9.84 Å². The van der Waals surface area contributed by atoms with Crippen molar-refractivity contribution in [3.63, 3.8) is 0 Å². The standard InChI is InChI=1S/C12H13BrO3.2C2H6/c13-9-4-5-11(16-7-12(14)15)10(6-9)8-2-1-3-8;2*1-2/h4-6,8H,1-3,7H2,(H,14,15);2*1-2H3. The highest BCUT2D eigenvalue weighted by molar-refractivity contribution is 9.10. The van der Waals surface area contributed by atoms with Crippen molar-refractivity contribution in [3.8, 4) is 5.75 Å². The summed E-state index contributed by atoms with van der Waals surface area (Å²) in [5.74, 6) is 0.291. The molecule has 4 heteroatoms. The third-order valence-corrected chi connectivity index (χ3v) is 3.36. The predicted molar refractivity (Wildman–Crippen MR) is 86.6 cm³/mol. The Bertz CT molecular complexity index is 401. The van der Waals surface area contributed by atoms with E-state index in [1.807, 2.05) is 45.9 Å². The zero-order chi connectivity index (χ0) is 15.5. The van der Waals surface area contributed by atoms with E-state index in [1.54, 1.807) is 0 Å². The van der Waals surface area contributed by atoms with Crippen LogP contribution in [-0.4, -0.2) is 17.7 Å². The van der Waals surface area contributed by atoms with E-state index in [9.17, 15) is 4.79 Å². The van der Waals surface area contributed by atoms with E-state index in [-0.39, 0.29) is 6.61 Å². The van der Waals surface area contributed by atoms with Crippen LogP contribution in [-0.2, 0) is 4.79 Å². The Morgan fingerprint density at radius 1 is 1.30 bits per heavy atom. The lowest BCUT2D eigenvalue weighted by molar-refractivity contribution is -0.139. The molecule has 1 aromatic carbocycles. The third-order valence-electron chi connectivity index (χ3n) is 2.87. The second-order valence-corrected chi connectivity index (χ2v) is 4.91. The number of halogens is 1. The smallest absolute Gasteiger partial charge is 0.341 e. The summed E-state index contributed by atoms with van der Waals surface area (Å²) in [5.41, 5.74) is 1.13. The van der Waals surface area contributed by atoms with Gasteiger partial charge in [-0.25, -0.2) is 4.79 Å². The first kappa shape index (κ1) is 19.0. The molecule has 114 valence electrons. The van der Waals surface area contributed by atoms with Crippen molar-refractivity contribution >= 4 is 21.9 Å². The molecule has 1 N–H and O–H groups in total. The first-order valence-corrected chi connectivity index (χ1v) is 8.10. The molecule has 0 aliphatic heterocycles. The number of carbonyl (C=O) groups is 1. The fourth-order valence-corrected chi connectivity index (χ4v) is 2.21. The van der Waals surface area contributed by atoms with Crippen molar-refractivity contribution in [1.82, 2.24) is 0 Å². The lowest BCUT2D eigenvalue weighted by Crippen LogP contribution is -2.14. The highest BCUT2D eigenvalue weighted by Crippen LogP contribution is 2.41. The molecule has 1 aliphatic rings. The van der Waals surface area contributed by atoms with Crippen LogP contribution < -0.4 is 4.74 Å². The van der Waals surface area contributed by atoms with Crippen LogP contribution in [0.25, 0.3) is 0 Å². The Kier molecular flexibility index (Phi) is 10.2. The monoisotopic (exact) mass is 344 g/mol. The van der Waals surface area contributed by atoms with Gasteiger partial charge in [0.15, 0.2) is 6.61 Å². The van der Waals surface area contributed by atoms with Crippen LogP contribution in [0.1, 0.15) is 58.4 Å². The van der Waals surface area contributed by atoms with Gasteiger partial charge in [0.25, 0.3) is 0 Å². The lowest BCUT2D eigenvalue weighted by Gasteiger charge is -2.27. The van der Waals surface area contributed by atoms with Crippen LogP contribution in [0.2, 0.25) is 0 Å². The van der Waals surface area contributed by atoms with Gasteiger partial charge in [-0.3, -0.25) is 0 Å². The van der Waals surface area contributed by atoms with E-state index in [0.29, 0.717) is 11.7 Å². The van der Waals surface area contributed by atoms with E-state index in [0.717, 1.165) is 10.0 Å². The van der Waals surface area contributed by atoms with Crippen LogP contribution in [0.3, 0.4) is 0 Å². The molecule has 1 aliphatic carbocycles. The molecule has 0 unspecified atom stereocenters. The van der Waals surface area contributed by atoms with E-state index in [1.165, 1.54) is 19.3 Å². The molecular weight excluding hydrogens is 320 g/mol. The largest absolute Gasteiger partial charge is 0.482 e. The molecule has 0 saturated heterocycles. The molecule has 0 spiro atoms. The Hall–Kier alpha value is -1.03.